The predicted octanol–water partition coefficient (Wildman–Crippen LogP) is 5.18. The quantitative estimate of drug-likeness (QED) is 0.296. The van der Waals surface area contributed by atoms with Gasteiger partial charge in [-0.3, -0.25) is 9.36 Å². The van der Waals surface area contributed by atoms with E-state index < -0.39 is 0 Å². The maximum atomic E-state index is 12.4. The zero-order valence-electron chi connectivity index (χ0n) is 14.4. The summed E-state index contributed by atoms with van der Waals surface area (Å²) in [5.74, 6) is 1.16. The molecule has 0 fully saturated rings. The minimum Gasteiger partial charge on any atom is -0.298 e. The van der Waals surface area contributed by atoms with Crippen LogP contribution in [0.2, 0.25) is 0 Å². The van der Waals surface area contributed by atoms with E-state index in [0.717, 1.165) is 21.4 Å². The fourth-order valence-corrected chi connectivity index (χ4v) is 3.64. The molecule has 26 heavy (non-hydrogen) atoms. The molecule has 0 saturated carbocycles. The monoisotopic (exact) mass is 427 g/mol. The van der Waals surface area contributed by atoms with Crippen LogP contribution in [0.4, 0.5) is 0 Å². The van der Waals surface area contributed by atoms with Crippen LogP contribution in [-0.4, -0.2) is 26.3 Å². The van der Waals surface area contributed by atoms with Gasteiger partial charge in [0.15, 0.2) is 16.8 Å². The molecule has 0 saturated heterocycles. The van der Waals surface area contributed by atoms with E-state index in [1.807, 2.05) is 60.0 Å². The number of nitrogens with zero attached hydrogens (tertiary/aromatic N) is 3. The third-order valence-corrected chi connectivity index (χ3v) is 5.30. The van der Waals surface area contributed by atoms with Crippen molar-refractivity contribution in [3.63, 3.8) is 0 Å². The van der Waals surface area contributed by atoms with Crippen molar-refractivity contribution >= 4 is 33.5 Å². The van der Waals surface area contributed by atoms with Gasteiger partial charge in [-0.1, -0.05) is 69.7 Å². The van der Waals surface area contributed by atoms with Gasteiger partial charge in [-0.15, -0.1) is 16.8 Å². The van der Waals surface area contributed by atoms with Crippen LogP contribution in [0.1, 0.15) is 15.9 Å². The molecule has 2 aromatic carbocycles. The first kappa shape index (κ1) is 18.6. The van der Waals surface area contributed by atoms with Gasteiger partial charge in [0.2, 0.25) is 0 Å². The highest BCUT2D eigenvalue weighted by molar-refractivity contribution is 9.10. The zero-order valence-corrected chi connectivity index (χ0v) is 16.8. The molecule has 0 N–H and O–H groups in total. The largest absolute Gasteiger partial charge is 0.298 e. The zero-order chi connectivity index (χ0) is 18.5. The molecule has 1 aromatic heterocycles. The minimum absolute atomic E-state index is 0.0627. The van der Waals surface area contributed by atoms with E-state index in [1.165, 1.54) is 11.8 Å². The Balaban J connectivity index is 1.80. The van der Waals surface area contributed by atoms with Gasteiger partial charge < -0.3 is 0 Å². The standard InChI is InChI=1S/C20H18BrN3OS/c1-3-11-24-19(16-6-4-5-14(2)12-16)22-23-20(24)26-13-18(25)15-7-9-17(21)10-8-15/h3-10,12H,1,11,13H2,2H3. The molecule has 6 heteroatoms. The van der Waals surface area contributed by atoms with Crippen molar-refractivity contribution in [2.45, 2.75) is 18.6 Å². The Bertz CT molecular complexity index is 934. The van der Waals surface area contributed by atoms with E-state index in [-0.39, 0.29) is 5.78 Å². The van der Waals surface area contributed by atoms with Gasteiger partial charge in [-0.05, 0) is 25.1 Å². The molecule has 3 rings (SSSR count). The Morgan fingerprint density at radius 1 is 1.23 bits per heavy atom. The molecule has 0 unspecified atom stereocenters. The van der Waals surface area contributed by atoms with Gasteiger partial charge in [-0.2, -0.15) is 0 Å². The summed E-state index contributed by atoms with van der Waals surface area (Å²) in [7, 11) is 0. The summed E-state index contributed by atoms with van der Waals surface area (Å²) in [6.45, 7) is 6.46. The second-order valence-corrected chi connectivity index (χ2v) is 7.65. The molecule has 0 aliphatic carbocycles. The maximum Gasteiger partial charge on any atom is 0.192 e. The van der Waals surface area contributed by atoms with Crippen molar-refractivity contribution in [2.75, 3.05) is 5.75 Å². The smallest absolute Gasteiger partial charge is 0.192 e. The molecule has 0 spiro atoms. The topological polar surface area (TPSA) is 47.8 Å². The first-order valence-electron chi connectivity index (χ1n) is 8.11. The summed E-state index contributed by atoms with van der Waals surface area (Å²) in [4.78, 5) is 12.4. The first-order valence-corrected chi connectivity index (χ1v) is 9.89. The average molecular weight is 428 g/mol. The van der Waals surface area contributed by atoms with Crippen LogP contribution in [0.15, 0.2) is 70.8 Å². The number of aryl methyl sites for hydroxylation is 1. The second kappa shape index (κ2) is 8.47. The van der Waals surface area contributed by atoms with E-state index in [0.29, 0.717) is 23.0 Å². The van der Waals surface area contributed by atoms with Crippen molar-refractivity contribution in [1.82, 2.24) is 14.8 Å². The highest BCUT2D eigenvalue weighted by atomic mass is 79.9. The number of hydrogen-bond acceptors (Lipinski definition) is 4. The van der Waals surface area contributed by atoms with E-state index in [2.05, 4.69) is 38.8 Å². The summed E-state index contributed by atoms with van der Waals surface area (Å²) < 4.78 is 2.94. The lowest BCUT2D eigenvalue weighted by atomic mass is 10.1. The Kier molecular flexibility index (Phi) is 6.06. The van der Waals surface area contributed by atoms with Crippen molar-refractivity contribution in [2.24, 2.45) is 0 Å². The average Bonchev–Trinajstić information content (AvgIpc) is 3.03. The second-order valence-electron chi connectivity index (χ2n) is 5.79. The van der Waals surface area contributed by atoms with Crippen LogP contribution in [0.3, 0.4) is 0 Å². The number of rotatable bonds is 7. The van der Waals surface area contributed by atoms with Crippen LogP contribution in [-0.2, 0) is 6.54 Å². The fraction of sp³-hybridized carbons (Fsp3) is 0.150. The molecule has 4 nitrogen and oxygen atoms in total. The van der Waals surface area contributed by atoms with Crippen molar-refractivity contribution in [1.29, 1.82) is 0 Å². The van der Waals surface area contributed by atoms with Gasteiger partial charge in [0, 0.05) is 22.1 Å². The molecular formula is C20H18BrN3OS. The van der Waals surface area contributed by atoms with Crippen LogP contribution >= 0.6 is 27.7 Å². The summed E-state index contributed by atoms with van der Waals surface area (Å²) >= 11 is 4.77. The van der Waals surface area contributed by atoms with Gasteiger partial charge in [0.1, 0.15) is 0 Å². The van der Waals surface area contributed by atoms with Crippen molar-refractivity contribution < 1.29 is 4.79 Å². The number of carbonyl (C=O) groups is 1. The maximum absolute atomic E-state index is 12.4. The number of thioether (sulfide) groups is 1. The molecule has 1 heterocycles. The summed E-state index contributed by atoms with van der Waals surface area (Å²) in [5.41, 5.74) is 2.86. The normalized spacial score (nSPS) is 10.7. The molecule has 0 aliphatic heterocycles. The summed E-state index contributed by atoms with van der Waals surface area (Å²) in [5, 5.41) is 9.34. The summed E-state index contributed by atoms with van der Waals surface area (Å²) in [6.07, 6.45) is 1.81. The van der Waals surface area contributed by atoms with Gasteiger partial charge in [0.25, 0.3) is 0 Å². The minimum atomic E-state index is 0.0627. The fourth-order valence-electron chi connectivity index (χ4n) is 2.54. The Hall–Kier alpha value is -2.18. The Labute approximate surface area is 165 Å². The molecule has 0 bridgehead atoms. The molecule has 0 aliphatic rings. The third kappa shape index (κ3) is 4.31. The molecule has 3 aromatic rings. The Morgan fingerprint density at radius 3 is 2.69 bits per heavy atom. The van der Waals surface area contributed by atoms with E-state index in [4.69, 9.17) is 0 Å². The Morgan fingerprint density at radius 2 is 2.00 bits per heavy atom. The number of ketones is 1. The SMILES string of the molecule is C=CCn1c(SCC(=O)c2ccc(Br)cc2)nnc1-c1cccc(C)c1. The lowest BCUT2D eigenvalue weighted by Gasteiger charge is -2.08. The van der Waals surface area contributed by atoms with Gasteiger partial charge in [-0.25, -0.2) is 0 Å². The van der Waals surface area contributed by atoms with Crippen LogP contribution < -0.4 is 0 Å². The van der Waals surface area contributed by atoms with Crippen LogP contribution in [0.5, 0.6) is 0 Å². The van der Waals surface area contributed by atoms with Crippen molar-refractivity contribution in [3.8, 4) is 11.4 Å². The molecule has 0 amide bonds. The third-order valence-electron chi connectivity index (χ3n) is 3.80. The summed E-state index contributed by atoms with van der Waals surface area (Å²) in [6, 6.07) is 15.5. The molecule has 0 atom stereocenters. The lowest BCUT2D eigenvalue weighted by Crippen LogP contribution is -2.05. The van der Waals surface area contributed by atoms with E-state index >= 15 is 0 Å². The highest BCUT2D eigenvalue weighted by Crippen LogP contribution is 2.25. The number of carbonyl (C=O) groups excluding carboxylic acids is 1. The molecule has 0 radical (unpaired) electrons. The number of aromatic nitrogens is 3. The van der Waals surface area contributed by atoms with Gasteiger partial charge in [0.05, 0.1) is 5.75 Å². The highest BCUT2D eigenvalue weighted by Gasteiger charge is 2.15. The number of halogens is 1. The van der Waals surface area contributed by atoms with Crippen molar-refractivity contribution in [3.05, 3.63) is 76.8 Å². The van der Waals surface area contributed by atoms with Gasteiger partial charge >= 0.3 is 0 Å². The molecule has 132 valence electrons. The van der Waals surface area contributed by atoms with E-state index in [1.54, 1.807) is 0 Å². The number of hydrogen-bond donors (Lipinski definition) is 0. The predicted molar refractivity (Wildman–Crippen MR) is 110 cm³/mol. The molecular weight excluding hydrogens is 410 g/mol. The lowest BCUT2D eigenvalue weighted by molar-refractivity contribution is 0.102. The number of Topliss-reactive ketones (excluding diaryl/α,β-unsaturated/α-hetero) is 1. The number of allylic oxidation sites excluding steroid dienone is 1. The number of benzene rings is 2. The van der Waals surface area contributed by atoms with Crippen LogP contribution in [0.25, 0.3) is 11.4 Å². The first-order chi connectivity index (χ1) is 12.6. The van der Waals surface area contributed by atoms with Crippen LogP contribution in [0, 0.1) is 6.92 Å². The van der Waals surface area contributed by atoms with E-state index in [9.17, 15) is 4.79 Å².